The molecule has 2 N–H and O–H groups in total. The average Bonchev–Trinajstić information content (AvgIpc) is 2.76. The molecule has 9 heteroatoms. The lowest BCUT2D eigenvalue weighted by Gasteiger charge is -2.13. The molecule has 0 aliphatic rings. The first-order valence-electron chi connectivity index (χ1n) is 9.81. The molecule has 0 radical (unpaired) electrons. The van der Waals surface area contributed by atoms with E-state index in [0.717, 1.165) is 0 Å². The third-order valence-electron chi connectivity index (χ3n) is 4.36. The van der Waals surface area contributed by atoms with Crippen molar-refractivity contribution in [3.05, 3.63) is 78.1 Å². The Morgan fingerprint density at radius 2 is 1.59 bits per heavy atom. The van der Waals surface area contributed by atoms with E-state index in [0.29, 0.717) is 35.0 Å². The highest BCUT2D eigenvalue weighted by Crippen LogP contribution is 2.24. The third-order valence-corrected chi connectivity index (χ3v) is 5.74. The van der Waals surface area contributed by atoms with Gasteiger partial charge in [-0.3, -0.25) is 9.52 Å². The van der Waals surface area contributed by atoms with Crippen molar-refractivity contribution in [2.24, 2.45) is 0 Å². The number of hydrogen-bond acceptors (Lipinski definition) is 5. The number of amides is 1. The number of hydrogen-bond donors (Lipinski definition) is 2. The second-order valence-electron chi connectivity index (χ2n) is 6.83. The van der Waals surface area contributed by atoms with Gasteiger partial charge in [-0.05, 0) is 86.1 Å². The molecule has 7 nitrogen and oxygen atoms in total. The van der Waals surface area contributed by atoms with Gasteiger partial charge in [0.1, 0.15) is 17.3 Å². The molecule has 168 valence electrons. The van der Waals surface area contributed by atoms with Crippen LogP contribution in [-0.2, 0) is 14.8 Å². The topological polar surface area (TPSA) is 93.7 Å². The second-order valence-corrected chi connectivity index (χ2v) is 8.52. The van der Waals surface area contributed by atoms with Crippen LogP contribution in [0.1, 0.15) is 12.5 Å². The maximum Gasteiger partial charge on any atom is 0.262 e. The molecular formula is C23H23FN2O5S. The summed E-state index contributed by atoms with van der Waals surface area (Å²) in [5.74, 6) is 0.197. The SMILES string of the molecule is CCOc1ccc(NS(=O)(=O)c2ccc(OCC(=O)Nc3ccc(F)cc3)c(C)c2)cc1. The van der Waals surface area contributed by atoms with Gasteiger partial charge in [0.2, 0.25) is 0 Å². The Morgan fingerprint density at radius 1 is 0.938 bits per heavy atom. The summed E-state index contributed by atoms with van der Waals surface area (Å²) < 4.78 is 51.7. The average molecular weight is 459 g/mol. The number of aryl methyl sites for hydroxylation is 1. The summed E-state index contributed by atoms with van der Waals surface area (Å²) in [6.45, 7) is 3.79. The van der Waals surface area contributed by atoms with Gasteiger partial charge in [-0.1, -0.05) is 0 Å². The van der Waals surface area contributed by atoms with Crippen LogP contribution in [0.25, 0.3) is 0 Å². The van der Waals surface area contributed by atoms with E-state index in [1.807, 2.05) is 6.92 Å². The highest BCUT2D eigenvalue weighted by atomic mass is 32.2. The van der Waals surface area contributed by atoms with Gasteiger partial charge in [-0.15, -0.1) is 0 Å². The van der Waals surface area contributed by atoms with Crippen LogP contribution in [-0.4, -0.2) is 27.5 Å². The van der Waals surface area contributed by atoms with Crippen LogP contribution < -0.4 is 19.5 Å². The lowest BCUT2D eigenvalue weighted by molar-refractivity contribution is -0.118. The van der Waals surface area contributed by atoms with E-state index < -0.39 is 21.7 Å². The molecule has 0 bridgehead atoms. The monoisotopic (exact) mass is 458 g/mol. The summed E-state index contributed by atoms with van der Waals surface area (Å²) in [5.41, 5.74) is 1.40. The lowest BCUT2D eigenvalue weighted by Crippen LogP contribution is -2.20. The van der Waals surface area contributed by atoms with E-state index >= 15 is 0 Å². The molecule has 3 rings (SSSR count). The molecule has 0 heterocycles. The molecule has 1 amide bonds. The fourth-order valence-corrected chi connectivity index (χ4v) is 3.97. The fourth-order valence-electron chi connectivity index (χ4n) is 2.82. The number of anilines is 2. The number of nitrogens with one attached hydrogen (secondary N) is 2. The number of benzene rings is 3. The van der Waals surface area contributed by atoms with Crippen molar-refractivity contribution in [3.8, 4) is 11.5 Å². The molecule has 0 fully saturated rings. The molecular weight excluding hydrogens is 435 g/mol. The molecule has 0 saturated heterocycles. The van der Waals surface area contributed by atoms with Gasteiger partial charge in [-0.2, -0.15) is 0 Å². The largest absolute Gasteiger partial charge is 0.494 e. The highest BCUT2D eigenvalue weighted by molar-refractivity contribution is 7.92. The number of carbonyl (C=O) groups is 1. The Balaban J connectivity index is 1.61. The molecule has 0 aromatic heterocycles. The minimum absolute atomic E-state index is 0.0620. The molecule has 0 unspecified atom stereocenters. The van der Waals surface area contributed by atoms with Gasteiger partial charge in [0.25, 0.3) is 15.9 Å². The first-order valence-corrected chi connectivity index (χ1v) is 11.3. The molecule has 0 aliphatic heterocycles. The van der Waals surface area contributed by atoms with Crippen LogP contribution in [0.5, 0.6) is 11.5 Å². The predicted molar refractivity (Wildman–Crippen MR) is 120 cm³/mol. The molecule has 32 heavy (non-hydrogen) atoms. The van der Waals surface area contributed by atoms with E-state index in [1.54, 1.807) is 31.2 Å². The van der Waals surface area contributed by atoms with Gasteiger partial charge >= 0.3 is 0 Å². The number of sulfonamides is 1. The summed E-state index contributed by atoms with van der Waals surface area (Å²) >= 11 is 0. The molecule has 0 saturated carbocycles. The molecule has 0 atom stereocenters. The van der Waals surface area contributed by atoms with E-state index in [-0.39, 0.29) is 11.5 Å². The van der Waals surface area contributed by atoms with Crippen LogP contribution in [0, 0.1) is 12.7 Å². The Kier molecular flexibility index (Phi) is 7.32. The van der Waals surface area contributed by atoms with Crippen molar-refractivity contribution < 1.29 is 27.1 Å². The number of rotatable bonds is 9. The Bertz CT molecular complexity index is 1180. The summed E-state index contributed by atoms with van der Waals surface area (Å²) in [5, 5.41) is 2.59. The van der Waals surface area contributed by atoms with Crippen LogP contribution in [0.4, 0.5) is 15.8 Å². The van der Waals surface area contributed by atoms with Gasteiger partial charge in [0.15, 0.2) is 6.61 Å². The number of ether oxygens (including phenoxy) is 2. The van der Waals surface area contributed by atoms with E-state index in [4.69, 9.17) is 9.47 Å². The normalized spacial score (nSPS) is 11.0. The van der Waals surface area contributed by atoms with E-state index in [1.165, 1.54) is 42.5 Å². The Morgan fingerprint density at radius 3 is 2.22 bits per heavy atom. The summed E-state index contributed by atoms with van der Waals surface area (Å²) in [6, 6.07) is 16.3. The smallest absolute Gasteiger partial charge is 0.262 e. The predicted octanol–water partition coefficient (Wildman–Crippen LogP) is 4.35. The Hall–Kier alpha value is -3.59. The van der Waals surface area contributed by atoms with E-state index in [2.05, 4.69) is 10.0 Å². The molecule has 3 aromatic carbocycles. The van der Waals surface area contributed by atoms with Crippen molar-refractivity contribution >= 4 is 27.3 Å². The summed E-state index contributed by atoms with van der Waals surface area (Å²) in [4.78, 5) is 12.1. The summed E-state index contributed by atoms with van der Waals surface area (Å²) in [7, 11) is -3.81. The zero-order chi connectivity index (χ0) is 23.1. The van der Waals surface area contributed by atoms with Crippen molar-refractivity contribution in [1.82, 2.24) is 0 Å². The van der Waals surface area contributed by atoms with Gasteiger partial charge in [0.05, 0.1) is 11.5 Å². The first-order chi connectivity index (χ1) is 15.3. The first kappa shape index (κ1) is 23.1. The van der Waals surface area contributed by atoms with Crippen LogP contribution in [0.2, 0.25) is 0 Å². The molecule has 0 aliphatic carbocycles. The molecule has 0 spiro atoms. The van der Waals surface area contributed by atoms with Gasteiger partial charge in [0, 0.05) is 11.4 Å². The summed E-state index contributed by atoms with van der Waals surface area (Å²) in [6.07, 6.45) is 0. The zero-order valence-corrected chi connectivity index (χ0v) is 18.4. The lowest BCUT2D eigenvalue weighted by atomic mass is 10.2. The maximum absolute atomic E-state index is 12.9. The van der Waals surface area contributed by atoms with Crippen molar-refractivity contribution in [3.63, 3.8) is 0 Å². The minimum atomic E-state index is -3.81. The third kappa shape index (κ3) is 6.21. The zero-order valence-electron chi connectivity index (χ0n) is 17.6. The van der Waals surface area contributed by atoms with Crippen LogP contribution in [0.3, 0.4) is 0 Å². The van der Waals surface area contributed by atoms with Crippen molar-refractivity contribution in [1.29, 1.82) is 0 Å². The second kappa shape index (κ2) is 10.1. The van der Waals surface area contributed by atoms with Gasteiger partial charge in [-0.25, -0.2) is 12.8 Å². The highest BCUT2D eigenvalue weighted by Gasteiger charge is 2.16. The number of halogens is 1. The fraction of sp³-hybridized carbons (Fsp3) is 0.174. The minimum Gasteiger partial charge on any atom is -0.494 e. The van der Waals surface area contributed by atoms with Crippen molar-refractivity contribution in [2.75, 3.05) is 23.3 Å². The Labute approximate surface area is 186 Å². The standard InChI is InChI=1S/C23H23FN2O5S/c1-3-30-20-10-8-19(9-11-20)26-32(28,29)21-12-13-22(16(2)14-21)31-15-23(27)25-18-6-4-17(24)5-7-18/h4-14,26H,3,15H2,1-2H3,(H,25,27). The molecule has 3 aromatic rings. The van der Waals surface area contributed by atoms with Gasteiger partial charge < -0.3 is 14.8 Å². The van der Waals surface area contributed by atoms with E-state index in [9.17, 15) is 17.6 Å². The van der Waals surface area contributed by atoms with Crippen LogP contribution in [0.15, 0.2) is 71.6 Å². The van der Waals surface area contributed by atoms with Crippen LogP contribution >= 0.6 is 0 Å². The maximum atomic E-state index is 12.9. The number of carbonyl (C=O) groups excluding carboxylic acids is 1. The van der Waals surface area contributed by atoms with Crippen molar-refractivity contribution in [2.45, 2.75) is 18.7 Å². The quantitative estimate of drug-likeness (QED) is 0.497.